The largest absolute Gasteiger partial charge is 0.457 e. The monoisotopic (exact) mass is 248 g/mol. The van der Waals surface area contributed by atoms with Crippen LogP contribution in [0.5, 0.6) is 0 Å². The van der Waals surface area contributed by atoms with Crippen molar-refractivity contribution in [3.05, 3.63) is 42.0 Å². The molecule has 0 aliphatic carbocycles. The smallest absolute Gasteiger partial charge is 0.330 e. The van der Waals surface area contributed by atoms with Crippen molar-refractivity contribution < 1.29 is 14.4 Å². The second-order valence-electron chi connectivity index (χ2n) is 4.12. The predicted octanol–water partition coefficient (Wildman–Crippen LogP) is 1.17. The summed E-state index contributed by atoms with van der Waals surface area (Å²) in [5.74, 6) is -0.273. The fraction of sp³-hybridized carbons (Fsp3) is 0.400. The number of carbonyl (C=O) groups is 1. The lowest BCUT2D eigenvalue weighted by Crippen LogP contribution is -3.11. The topological polar surface area (TPSA) is 30.7 Å². The van der Waals surface area contributed by atoms with Gasteiger partial charge in [0, 0.05) is 6.08 Å². The first-order valence-electron chi connectivity index (χ1n) is 6.49. The molecule has 0 amide bonds. The van der Waals surface area contributed by atoms with Crippen LogP contribution in [0.2, 0.25) is 0 Å². The van der Waals surface area contributed by atoms with Crippen LogP contribution in [0.25, 0.3) is 6.08 Å². The van der Waals surface area contributed by atoms with Gasteiger partial charge in [0.2, 0.25) is 0 Å². The molecule has 1 aromatic carbocycles. The molecule has 0 spiro atoms. The van der Waals surface area contributed by atoms with E-state index in [9.17, 15) is 4.79 Å². The number of ether oxygens (including phenoxy) is 1. The number of hydrogen-bond donors (Lipinski definition) is 1. The maximum atomic E-state index is 11.5. The van der Waals surface area contributed by atoms with Gasteiger partial charge >= 0.3 is 5.97 Å². The molecule has 0 aromatic heterocycles. The van der Waals surface area contributed by atoms with Gasteiger partial charge in [-0.3, -0.25) is 0 Å². The lowest BCUT2D eigenvalue weighted by molar-refractivity contribution is -0.896. The molecule has 0 saturated carbocycles. The molecule has 3 nitrogen and oxygen atoms in total. The average Bonchev–Trinajstić information content (AvgIpc) is 2.42. The van der Waals surface area contributed by atoms with Crippen molar-refractivity contribution in [2.45, 2.75) is 13.8 Å². The summed E-state index contributed by atoms with van der Waals surface area (Å²) < 4.78 is 5.15. The van der Waals surface area contributed by atoms with Crippen LogP contribution in [-0.2, 0) is 9.53 Å². The summed E-state index contributed by atoms with van der Waals surface area (Å²) in [5.41, 5.74) is 1.00. The molecule has 1 N–H and O–H groups in total. The summed E-state index contributed by atoms with van der Waals surface area (Å²) in [7, 11) is 0. The van der Waals surface area contributed by atoms with Crippen molar-refractivity contribution in [1.29, 1.82) is 0 Å². The number of nitrogens with one attached hydrogen (secondary N) is 1. The molecule has 0 aliphatic heterocycles. The summed E-state index contributed by atoms with van der Waals surface area (Å²) in [5, 5.41) is 0. The number of benzene rings is 1. The Morgan fingerprint density at radius 3 is 2.50 bits per heavy atom. The fourth-order valence-corrected chi connectivity index (χ4v) is 1.68. The minimum Gasteiger partial charge on any atom is -0.457 e. The van der Waals surface area contributed by atoms with E-state index in [1.54, 1.807) is 6.08 Å². The van der Waals surface area contributed by atoms with Crippen molar-refractivity contribution in [3.8, 4) is 0 Å². The Morgan fingerprint density at radius 1 is 1.22 bits per heavy atom. The van der Waals surface area contributed by atoms with Crippen LogP contribution in [0.15, 0.2) is 36.4 Å². The Hall–Kier alpha value is -1.61. The number of carbonyl (C=O) groups excluding carboxylic acids is 1. The van der Waals surface area contributed by atoms with E-state index in [4.69, 9.17) is 4.74 Å². The molecule has 0 unspecified atom stereocenters. The molecular weight excluding hydrogens is 226 g/mol. The molecule has 0 saturated heterocycles. The molecular formula is C15H22NO2+. The Morgan fingerprint density at radius 2 is 1.89 bits per heavy atom. The standard InChI is InChI=1S/C15H21NO2/c1-3-16(4-2)12-13-18-15(17)11-10-14-8-6-5-7-9-14/h5-11H,3-4,12-13H2,1-2H3/p+1. The van der Waals surface area contributed by atoms with Gasteiger partial charge in [-0.05, 0) is 25.5 Å². The van der Waals surface area contributed by atoms with E-state index >= 15 is 0 Å². The zero-order valence-corrected chi connectivity index (χ0v) is 11.2. The number of rotatable bonds is 7. The molecule has 18 heavy (non-hydrogen) atoms. The first-order valence-corrected chi connectivity index (χ1v) is 6.49. The van der Waals surface area contributed by atoms with Crippen molar-refractivity contribution in [1.82, 2.24) is 0 Å². The van der Waals surface area contributed by atoms with Crippen molar-refractivity contribution in [3.63, 3.8) is 0 Å². The third-order valence-corrected chi connectivity index (χ3v) is 2.91. The summed E-state index contributed by atoms with van der Waals surface area (Å²) in [6.45, 7) is 7.75. The quantitative estimate of drug-likeness (QED) is 0.580. The van der Waals surface area contributed by atoms with Gasteiger partial charge in [-0.25, -0.2) is 4.79 Å². The number of likely N-dealkylation sites (N-methyl/N-ethyl adjacent to an activating group) is 1. The lowest BCUT2D eigenvalue weighted by Gasteiger charge is -2.14. The van der Waals surface area contributed by atoms with Crippen molar-refractivity contribution >= 4 is 12.0 Å². The lowest BCUT2D eigenvalue weighted by atomic mass is 10.2. The van der Waals surface area contributed by atoms with Crippen LogP contribution in [0.1, 0.15) is 19.4 Å². The van der Waals surface area contributed by atoms with Crippen LogP contribution >= 0.6 is 0 Å². The molecule has 0 fully saturated rings. The molecule has 0 bridgehead atoms. The van der Waals surface area contributed by atoms with Gasteiger partial charge in [0.05, 0.1) is 13.1 Å². The predicted molar refractivity (Wildman–Crippen MR) is 73.3 cm³/mol. The third kappa shape index (κ3) is 5.64. The van der Waals surface area contributed by atoms with Gasteiger partial charge in [0.25, 0.3) is 0 Å². The first-order chi connectivity index (χ1) is 8.76. The Bertz CT molecular complexity index is 369. The molecule has 0 heterocycles. The highest BCUT2D eigenvalue weighted by Gasteiger charge is 2.03. The van der Waals surface area contributed by atoms with E-state index in [-0.39, 0.29) is 5.97 Å². The minimum absolute atomic E-state index is 0.273. The van der Waals surface area contributed by atoms with Gasteiger partial charge in [-0.2, -0.15) is 0 Å². The summed E-state index contributed by atoms with van der Waals surface area (Å²) in [6.07, 6.45) is 3.25. The van der Waals surface area contributed by atoms with Gasteiger partial charge < -0.3 is 9.64 Å². The highest BCUT2D eigenvalue weighted by atomic mass is 16.5. The number of hydrogen-bond acceptors (Lipinski definition) is 2. The average molecular weight is 248 g/mol. The Labute approximate surface area is 109 Å². The highest BCUT2D eigenvalue weighted by Crippen LogP contribution is 2.00. The van der Waals surface area contributed by atoms with Crippen molar-refractivity contribution in [2.75, 3.05) is 26.2 Å². The van der Waals surface area contributed by atoms with Crippen LogP contribution in [0.4, 0.5) is 0 Å². The van der Waals surface area contributed by atoms with Gasteiger partial charge in [0.1, 0.15) is 13.2 Å². The fourth-order valence-electron chi connectivity index (χ4n) is 1.68. The molecule has 0 atom stereocenters. The van der Waals surface area contributed by atoms with E-state index < -0.39 is 0 Å². The van der Waals surface area contributed by atoms with E-state index in [1.165, 1.54) is 11.0 Å². The normalized spacial score (nSPS) is 11.1. The van der Waals surface area contributed by atoms with Crippen LogP contribution < -0.4 is 4.90 Å². The highest BCUT2D eigenvalue weighted by molar-refractivity contribution is 5.86. The van der Waals surface area contributed by atoms with E-state index in [1.807, 2.05) is 30.3 Å². The van der Waals surface area contributed by atoms with Crippen LogP contribution in [0, 0.1) is 0 Å². The van der Waals surface area contributed by atoms with E-state index in [0.29, 0.717) is 6.61 Å². The van der Waals surface area contributed by atoms with Crippen molar-refractivity contribution in [2.24, 2.45) is 0 Å². The number of quaternary nitrogens is 1. The van der Waals surface area contributed by atoms with Crippen LogP contribution in [-0.4, -0.2) is 32.2 Å². The molecule has 1 aromatic rings. The van der Waals surface area contributed by atoms with Gasteiger partial charge in [-0.15, -0.1) is 0 Å². The second-order valence-corrected chi connectivity index (χ2v) is 4.12. The Kier molecular flexibility index (Phi) is 6.81. The van der Waals surface area contributed by atoms with Gasteiger partial charge in [0.15, 0.2) is 0 Å². The number of esters is 1. The summed E-state index contributed by atoms with van der Waals surface area (Å²) in [4.78, 5) is 12.9. The van der Waals surface area contributed by atoms with E-state index in [0.717, 1.165) is 25.2 Å². The molecule has 98 valence electrons. The SMILES string of the molecule is CC[NH+](CC)CCOC(=O)C=Cc1ccccc1. The van der Waals surface area contributed by atoms with Crippen LogP contribution in [0.3, 0.4) is 0 Å². The van der Waals surface area contributed by atoms with Gasteiger partial charge in [-0.1, -0.05) is 30.3 Å². The summed E-state index contributed by atoms with van der Waals surface area (Å²) in [6, 6.07) is 9.72. The maximum Gasteiger partial charge on any atom is 0.330 e. The Balaban J connectivity index is 2.28. The molecule has 3 heteroatoms. The zero-order valence-electron chi connectivity index (χ0n) is 11.2. The van der Waals surface area contributed by atoms with E-state index in [2.05, 4.69) is 13.8 Å². The first kappa shape index (κ1) is 14.5. The minimum atomic E-state index is -0.273. The maximum absolute atomic E-state index is 11.5. The molecule has 1 rings (SSSR count). The third-order valence-electron chi connectivity index (χ3n) is 2.91. The molecule has 0 aliphatic rings. The summed E-state index contributed by atoms with van der Waals surface area (Å²) >= 11 is 0. The second kappa shape index (κ2) is 8.48. The molecule has 0 radical (unpaired) electrons. The zero-order chi connectivity index (χ0) is 13.2.